The number of nitrogens with zero attached hydrogens (tertiary/aromatic N) is 1. The number of rotatable bonds is 2. The average Bonchev–Trinajstić information content (AvgIpc) is 2.48. The van der Waals surface area contributed by atoms with Crippen LogP contribution in [-0.4, -0.2) is 4.57 Å². The summed E-state index contributed by atoms with van der Waals surface area (Å²) in [6, 6.07) is 10.5. The van der Waals surface area contributed by atoms with Gasteiger partial charge in [0.05, 0.1) is 9.21 Å². The first-order valence-corrected chi connectivity index (χ1v) is 6.74. The van der Waals surface area contributed by atoms with Gasteiger partial charge in [0, 0.05) is 6.54 Å². The summed E-state index contributed by atoms with van der Waals surface area (Å²) in [5.41, 5.74) is 3.89. The second kappa shape index (κ2) is 4.76. The quantitative estimate of drug-likeness (QED) is 0.746. The Morgan fingerprint density at radius 2 is 1.44 bits per heavy atom. The van der Waals surface area contributed by atoms with Gasteiger partial charge >= 0.3 is 0 Å². The van der Waals surface area contributed by atoms with E-state index in [9.17, 15) is 0 Å². The Kier molecular flexibility index (Phi) is 3.55. The van der Waals surface area contributed by atoms with Crippen LogP contribution in [0, 0.1) is 13.8 Å². The predicted octanol–water partition coefficient (Wildman–Crippen LogP) is 4.68. The molecule has 0 fully saturated rings. The van der Waals surface area contributed by atoms with Gasteiger partial charge in [-0.1, -0.05) is 30.3 Å². The summed E-state index contributed by atoms with van der Waals surface area (Å²) in [5.74, 6) is 0. The Hall–Kier alpha value is -0.540. The first-order chi connectivity index (χ1) is 7.61. The van der Waals surface area contributed by atoms with E-state index in [1.807, 2.05) is 6.07 Å². The van der Waals surface area contributed by atoms with Crippen LogP contribution in [-0.2, 0) is 6.54 Å². The highest BCUT2D eigenvalue weighted by molar-refractivity contribution is 9.11. The third-order valence-electron chi connectivity index (χ3n) is 2.84. The molecule has 1 nitrogen and oxygen atoms in total. The number of aromatic nitrogens is 1. The lowest BCUT2D eigenvalue weighted by Crippen LogP contribution is -2.00. The maximum atomic E-state index is 3.64. The van der Waals surface area contributed by atoms with Crippen LogP contribution in [0.4, 0.5) is 0 Å². The fourth-order valence-electron chi connectivity index (χ4n) is 1.71. The SMILES string of the molecule is Cc1c(C)c(Br)n(Cc2ccccc2)c1Br. The molecule has 0 N–H and O–H groups in total. The molecule has 0 aliphatic heterocycles. The lowest BCUT2D eigenvalue weighted by Gasteiger charge is -2.07. The minimum Gasteiger partial charge on any atom is -0.325 e. The molecule has 16 heavy (non-hydrogen) atoms. The van der Waals surface area contributed by atoms with Crippen molar-refractivity contribution in [2.45, 2.75) is 20.4 Å². The Morgan fingerprint density at radius 3 is 1.94 bits per heavy atom. The van der Waals surface area contributed by atoms with E-state index in [4.69, 9.17) is 0 Å². The molecule has 3 heteroatoms. The molecule has 2 rings (SSSR count). The van der Waals surface area contributed by atoms with Crippen molar-refractivity contribution in [1.82, 2.24) is 4.57 Å². The van der Waals surface area contributed by atoms with E-state index in [0.717, 1.165) is 15.8 Å². The number of halogens is 2. The highest BCUT2D eigenvalue weighted by Crippen LogP contribution is 2.31. The van der Waals surface area contributed by atoms with Gasteiger partial charge in [0.15, 0.2) is 0 Å². The standard InChI is InChI=1S/C13H13Br2N/c1-9-10(2)13(15)16(12(9)14)8-11-6-4-3-5-7-11/h3-7H,8H2,1-2H3. The highest BCUT2D eigenvalue weighted by atomic mass is 79.9. The van der Waals surface area contributed by atoms with E-state index in [0.29, 0.717) is 0 Å². The van der Waals surface area contributed by atoms with E-state index >= 15 is 0 Å². The van der Waals surface area contributed by atoms with Gasteiger partial charge in [0.2, 0.25) is 0 Å². The molecule has 0 radical (unpaired) electrons. The molecule has 0 aliphatic carbocycles. The van der Waals surface area contributed by atoms with Gasteiger partial charge < -0.3 is 4.57 Å². The van der Waals surface area contributed by atoms with Crippen LogP contribution in [0.1, 0.15) is 16.7 Å². The summed E-state index contributed by atoms with van der Waals surface area (Å²) in [7, 11) is 0. The molecule has 0 atom stereocenters. The fraction of sp³-hybridized carbons (Fsp3) is 0.231. The summed E-state index contributed by atoms with van der Waals surface area (Å²) in [6.45, 7) is 5.15. The molecule has 1 aromatic carbocycles. The molecule has 0 bridgehead atoms. The van der Waals surface area contributed by atoms with Crippen molar-refractivity contribution in [3.63, 3.8) is 0 Å². The summed E-state index contributed by atoms with van der Waals surface area (Å²) >= 11 is 7.28. The fourth-order valence-corrected chi connectivity index (χ4v) is 3.14. The zero-order valence-electron chi connectivity index (χ0n) is 9.30. The van der Waals surface area contributed by atoms with E-state index in [-0.39, 0.29) is 0 Å². The minimum atomic E-state index is 0.886. The molecule has 0 amide bonds. The van der Waals surface area contributed by atoms with Crippen LogP contribution in [0.3, 0.4) is 0 Å². The average molecular weight is 343 g/mol. The van der Waals surface area contributed by atoms with E-state index < -0.39 is 0 Å². The third kappa shape index (κ3) is 2.11. The van der Waals surface area contributed by atoms with Crippen LogP contribution < -0.4 is 0 Å². The smallest absolute Gasteiger partial charge is 0.0890 e. The van der Waals surface area contributed by atoms with E-state index in [1.54, 1.807) is 0 Å². The zero-order valence-corrected chi connectivity index (χ0v) is 12.5. The number of hydrogen-bond acceptors (Lipinski definition) is 0. The van der Waals surface area contributed by atoms with Gasteiger partial charge in [-0.05, 0) is 62.4 Å². The van der Waals surface area contributed by atoms with Crippen LogP contribution in [0.25, 0.3) is 0 Å². The summed E-state index contributed by atoms with van der Waals surface area (Å²) < 4.78 is 4.54. The van der Waals surface area contributed by atoms with Gasteiger partial charge in [-0.15, -0.1) is 0 Å². The monoisotopic (exact) mass is 341 g/mol. The zero-order chi connectivity index (χ0) is 11.7. The minimum absolute atomic E-state index is 0.886. The van der Waals surface area contributed by atoms with Crippen LogP contribution in [0.2, 0.25) is 0 Å². The largest absolute Gasteiger partial charge is 0.325 e. The molecule has 1 heterocycles. The van der Waals surface area contributed by atoms with Gasteiger partial charge in [-0.3, -0.25) is 0 Å². The maximum Gasteiger partial charge on any atom is 0.0890 e. The molecular weight excluding hydrogens is 330 g/mol. The van der Waals surface area contributed by atoms with E-state index in [1.165, 1.54) is 16.7 Å². The topological polar surface area (TPSA) is 4.93 Å². The van der Waals surface area contributed by atoms with Crippen LogP contribution in [0.5, 0.6) is 0 Å². The first kappa shape index (κ1) is 11.9. The van der Waals surface area contributed by atoms with E-state index in [2.05, 4.69) is 74.5 Å². The van der Waals surface area contributed by atoms with Crippen molar-refractivity contribution in [3.05, 3.63) is 56.2 Å². The second-order valence-corrected chi connectivity index (χ2v) is 5.41. The van der Waals surface area contributed by atoms with Crippen molar-refractivity contribution in [2.75, 3.05) is 0 Å². The second-order valence-electron chi connectivity index (χ2n) is 3.90. The Bertz CT molecular complexity index is 475. The van der Waals surface area contributed by atoms with Crippen molar-refractivity contribution in [3.8, 4) is 0 Å². The molecule has 0 unspecified atom stereocenters. The van der Waals surface area contributed by atoms with Gasteiger partial charge in [-0.25, -0.2) is 0 Å². The van der Waals surface area contributed by atoms with Crippen molar-refractivity contribution >= 4 is 31.9 Å². The van der Waals surface area contributed by atoms with Gasteiger partial charge in [-0.2, -0.15) is 0 Å². The van der Waals surface area contributed by atoms with Crippen LogP contribution in [0.15, 0.2) is 39.5 Å². The molecule has 0 saturated carbocycles. The van der Waals surface area contributed by atoms with Gasteiger partial charge in [0.1, 0.15) is 0 Å². The molecule has 0 spiro atoms. The number of hydrogen-bond donors (Lipinski definition) is 0. The summed E-state index contributed by atoms with van der Waals surface area (Å²) in [6.07, 6.45) is 0. The predicted molar refractivity (Wildman–Crippen MR) is 74.9 cm³/mol. The normalized spacial score (nSPS) is 10.8. The first-order valence-electron chi connectivity index (χ1n) is 5.16. The Balaban J connectivity index is 2.39. The van der Waals surface area contributed by atoms with Crippen LogP contribution >= 0.6 is 31.9 Å². The lowest BCUT2D eigenvalue weighted by atomic mass is 10.2. The third-order valence-corrected chi connectivity index (χ3v) is 4.88. The van der Waals surface area contributed by atoms with Crippen molar-refractivity contribution in [2.24, 2.45) is 0 Å². The molecule has 1 aromatic heterocycles. The summed E-state index contributed by atoms with van der Waals surface area (Å²) in [4.78, 5) is 0. The highest BCUT2D eigenvalue weighted by Gasteiger charge is 2.13. The maximum absolute atomic E-state index is 3.64. The lowest BCUT2D eigenvalue weighted by molar-refractivity contribution is 0.765. The molecule has 0 saturated heterocycles. The molecule has 84 valence electrons. The number of benzene rings is 1. The summed E-state index contributed by atoms with van der Waals surface area (Å²) in [5, 5.41) is 0. The Labute approximate surface area is 113 Å². The molecule has 2 aromatic rings. The van der Waals surface area contributed by atoms with Gasteiger partial charge in [0.25, 0.3) is 0 Å². The Morgan fingerprint density at radius 1 is 0.938 bits per heavy atom. The molecular formula is C13H13Br2N. The molecule has 0 aliphatic rings. The van der Waals surface area contributed by atoms with Crippen molar-refractivity contribution < 1.29 is 0 Å². The van der Waals surface area contributed by atoms with Crippen molar-refractivity contribution in [1.29, 1.82) is 0 Å².